The molecule has 0 spiro atoms. The Kier molecular flexibility index (Phi) is 3.19. The Morgan fingerprint density at radius 1 is 1.43 bits per heavy atom. The molecule has 14 heavy (non-hydrogen) atoms. The summed E-state index contributed by atoms with van der Waals surface area (Å²) in [7, 11) is 0. The standard InChI is InChI=1S/C11H18N2O/c14-11(10-7-12-8-10)13-6-9-4-2-1-3-5-9/h1-2,9-10,12H,3-8H2,(H,13,14). The van der Waals surface area contributed by atoms with Crippen molar-refractivity contribution in [1.82, 2.24) is 10.6 Å². The average Bonchev–Trinajstić information content (AvgIpc) is 2.14. The van der Waals surface area contributed by atoms with Crippen LogP contribution in [0.1, 0.15) is 19.3 Å². The molecule has 0 aromatic heterocycles. The van der Waals surface area contributed by atoms with Crippen molar-refractivity contribution in [2.75, 3.05) is 19.6 Å². The Balaban J connectivity index is 1.65. The van der Waals surface area contributed by atoms with Gasteiger partial charge in [-0.1, -0.05) is 12.2 Å². The van der Waals surface area contributed by atoms with Gasteiger partial charge in [-0.05, 0) is 25.2 Å². The van der Waals surface area contributed by atoms with E-state index in [1.165, 1.54) is 12.8 Å². The first-order valence-electron chi connectivity index (χ1n) is 5.49. The minimum absolute atomic E-state index is 0.231. The number of allylic oxidation sites excluding steroid dienone is 2. The maximum Gasteiger partial charge on any atom is 0.225 e. The number of amides is 1. The first kappa shape index (κ1) is 9.71. The van der Waals surface area contributed by atoms with Crippen LogP contribution in [0.2, 0.25) is 0 Å². The van der Waals surface area contributed by atoms with Crippen molar-refractivity contribution in [3.63, 3.8) is 0 Å². The van der Waals surface area contributed by atoms with E-state index < -0.39 is 0 Å². The lowest BCUT2D eigenvalue weighted by Gasteiger charge is -2.27. The van der Waals surface area contributed by atoms with E-state index in [0.29, 0.717) is 5.92 Å². The molecule has 0 radical (unpaired) electrons. The van der Waals surface area contributed by atoms with Crippen molar-refractivity contribution in [2.24, 2.45) is 11.8 Å². The van der Waals surface area contributed by atoms with Gasteiger partial charge >= 0.3 is 0 Å². The largest absolute Gasteiger partial charge is 0.355 e. The van der Waals surface area contributed by atoms with Gasteiger partial charge in [-0.25, -0.2) is 0 Å². The highest BCUT2D eigenvalue weighted by Gasteiger charge is 2.24. The average molecular weight is 194 g/mol. The molecule has 0 aromatic carbocycles. The fraction of sp³-hybridized carbons (Fsp3) is 0.727. The monoisotopic (exact) mass is 194 g/mol. The van der Waals surface area contributed by atoms with E-state index in [0.717, 1.165) is 26.1 Å². The third kappa shape index (κ3) is 2.35. The van der Waals surface area contributed by atoms with Crippen LogP contribution in [-0.2, 0) is 4.79 Å². The minimum Gasteiger partial charge on any atom is -0.355 e. The van der Waals surface area contributed by atoms with Gasteiger partial charge in [0.2, 0.25) is 5.91 Å². The maximum absolute atomic E-state index is 11.5. The lowest BCUT2D eigenvalue weighted by molar-refractivity contribution is -0.126. The zero-order chi connectivity index (χ0) is 9.80. The van der Waals surface area contributed by atoms with E-state index in [9.17, 15) is 4.79 Å². The summed E-state index contributed by atoms with van der Waals surface area (Å²) in [6.07, 6.45) is 7.98. The molecular formula is C11H18N2O. The van der Waals surface area contributed by atoms with Crippen molar-refractivity contribution < 1.29 is 4.79 Å². The summed E-state index contributed by atoms with van der Waals surface area (Å²) in [5.41, 5.74) is 0. The molecule has 1 atom stereocenters. The van der Waals surface area contributed by atoms with Crippen LogP contribution in [0.3, 0.4) is 0 Å². The van der Waals surface area contributed by atoms with Crippen LogP contribution >= 0.6 is 0 Å². The number of carbonyl (C=O) groups is 1. The van der Waals surface area contributed by atoms with Gasteiger partial charge in [0.1, 0.15) is 0 Å². The molecule has 0 aromatic rings. The van der Waals surface area contributed by atoms with Crippen LogP contribution in [0, 0.1) is 11.8 Å². The van der Waals surface area contributed by atoms with Gasteiger partial charge in [-0.3, -0.25) is 4.79 Å². The second-order valence-corrected chi connectivity index (χ2v) is 4.25. The molecule has 1 heterocycles. The number of nitrogens with one attached hydrogen (secondary N) is 2. The lowest BCUT2D eigenvalue weighted by Crippen LogP contribution is -2.51. The van der Waals surface area contributed by atoms with Crippen LogP contribution in [-0.4, -0.2) is 25.5 Å². The summed E-state index contributed by atoms with van der Waals surface area (Å²) in [5.74, 6) is 1.13. The molecule has 2 aliphatic rings. The zero-order valence-corrected chi connectivity index (χ0v) is 8.46. The van der Waals surface area contributed by atoms with Crippen molar-refractivity contribution in [2.45, 2.75) is 19.3 Å². The topological polar surface area (TPSA) is 41.1 Å². The smallest absolute Gasteiger partial charge is 0.225 e. The molecule has 1 saturated heterocycles. The Hall–Kier alpha value is -0.830. The second kappa shape index (κ2) is 4.60. The first-order chi connectivity index (χ1) is 6.86. The molecule has 0 saturated carbocycles. The Bertz CT molecular complexity index is 233. The van der Waals surface area contributed by atoms with Crippen LogP contribution in [0.4, 0.5) is 0 Å². The van der Waals surface area contributed by atoms with Crippen LogP contribution < -0.4 is 10.6 Å². The van der Waals surface area contributed by atoms with Crippen LogP contribution in [0.15, 0.2) is 12.2 Å². The highest BCUT2D eigenvalue weighted by Crippen LogP contribution is 2.17. The number of carbonyl (C=O) groups excluding carboxylic acids is 1. The second-order valence-electron chi connectivity index (χ2n) is 4.25. The third-order valence-corrected chi connectivity index (χ3v) is 3.09. The lowest BCUT2D eigenvalue weighted by atomic mass is 9.94. The molecule has 1 amide bonds. The highest BCUT2D eigenvalue weighted by atomic mass is 16.2. The van der Waals surface area contributed by atoms with Crippen LogP contribution in [0.5, 0.6) is 0 Å². The molecule has 3 nitrogen and oxygen atoms in total. The van der Waals surface area contributed by atoms with Crippen molar-refractivity contribution in [1.29, 1.82) is 0 Å². The summed E-state index contributed by atoms with van der Waals surface area (Å²) >= 11 is 0. The van der Waals surface area contributed by atoms with E-state index in [2.05, 4.69) is 22.8 Å². The maximum atomic E-state index is 11.5. The number of rotatable bonds is 3. The van der Waals surface area contributed by atoms with Gasteiger partial charge in [0.15, 0.2) is 0 Å². The van der Waals surface area contributed by atoms with Crippen molar-refractivity contribution in [3.05, 3.63) is 12.2 Å². The Morgan fingerprint density at radius 2 is 2.29 bits per heavy atom. The van der Waals surface area contributed by atoms with E-state index in [-0.39, 0.29) is 11.8 Å². The quantitative estimate of drug-likeness (QED) is 0.649. The van der Waals surface area contributed by atoms with Gasteiger partial charge in [-0.15, -0.1) is 0 Å². The molecular weight excluding hydrogens is 176 g/mol. The number of hydrogen-bond donors (Lipinski definition) is 2. The summed E-state index contributed by atoms with van der Waals surface area (Å²) in [6, 6.07) is 0. The van der Waals surface area contributed by atoms with Crippen molar-refractivity contribution >= 4 is 5.91 Å². The van der Waals surface area contributed by atoms with Gasteiger partial charge in [-0.2, -0.15) is 0 Å². The normalized spacial score (nSPS) is 27.0. The summed E-state index contributed by atoms with van der Waals surface area (Å²) in [5, 5.41) is 6.15. The van der Waals surface area contributed by atoms with E-state index >= 15 is 0 Å². The Morgan fingerprint density at radius 3 is 2.86 bits per heavy atom. The Labute approximate surface area is 84.9 Å². The van der Waals surface area contributed by atoms with Crippen LogP contribution in [0.25, 0.3) is 0 Å². The van der Waals surface area contributed by atoms with Gasteiger partial charge in [0.25, 0.3) is 0 Å². The minimum atomic E-state index is 0.231. The zero-order valence-electron chi connectivity index (χ0n) is 8.46. The molecule has 1 aliphatic carbocycles. The first-order valence-corrected chi connectivity index (χ1v) is 5.49. The third-order valence-electron chi connectivity index (χ3n) is 3.09. The van der Waals surface area contributed by atoms with Crippen molar-refractivity contribution in [3.8, 4) is 0 Å². The molecule has 3 heteroatoms. The molecule has 2 rings (SSSR count). The van der Waals surface area contributed by atoms with Gasteiger partial charge in [0, 0.05) is 19.6 Å². The molecule has 2 N–H and O–H groups in total. The summed E-state index contributed by atoms with van der Waals surface area (Å²) in [6.45, 7) is 2.58. The van der Waals surface area contributed by atoms with Gasteiger partial charge < -0.3 is 10.6 Å². The highest BCUT2D eigenvalue weighted by molar-refractivity contribution is 5.79. The van der Waals surface area contributed by atoms with E-state index in [1.54, 1.807) is 0 Å². The number of hydrogen-bond acceptors (Lipinski definition) is 2. The predicted octanol–water partition coefficient (Wildman–Crippen LogP) is 0.678. The SMILES string of the molecule is O=C(NCC1CC=CCC1)C1CNC1. The fourth-order valence-corrected chi connectivity index (χ4v) is 1.91. The fourth-order valence-electron chi connectivity index (χ4n) is 1.91. The predicted molar refractivity (Wildman–Crippen MR) is 55.9 cm³/mol. The molecule has 1 fully saturated rings. The molecule has 1 aliphatic heterocycles. The molecule has 1 unspecified atom stereocenters. The summed E-state index contributed by atoms with van der Waals surface area (Å²) < 4.78 is 0. The molecule has 0 bridgehead atoms. The molecule has 78 valence electrons. The van der Waals surface area contributed by atoms with E-state index in [4.69, 9.17) is 0 Å². The summed E-state index contributed by atoms with van der Waals surface area (Å²) in [4.78, 5) is 11.5. The van der Waals surface area contributed by atoms with Gasteiger partial charge in [0.05, 0.1) is 5.92 Å². The van der Waals surface area contributed by atoms with E-state index in [1.807, 2.05) is 0 Å².